The third-order valence-electron chi connectivity index (χ3n) is 6.09. The fraction of sp³-hybridized carbons (Fsp3) is 0. The molecule has 140 valence electrons. The predicted octanol–water partition coefficient (Wildman–Crippen LogP) is 6.43. The number of benzene rings is 5. The molecule has 0 saturated carbocycles. The molecule has 0 heterocycles. The molecule has 0 aliphatic heterocycles. The molecule has 0 fully saturated rings. The van der Waals surface area contributed by atoms with Crippen LogP contribution in [0.25, 0.3) is 0 Å². The summed E-state index contributed by atoms with van der Waals surface area (Å²) in [5.74, 6) is 0. The van der Waals surface area contributed by atoms with Crippen molar-refractivity contribution in [2.45, 2.75) is 0 Å². The first-order valence-corrected chi connectivity index (χ1v) is 10.4. The van der Waals surface area contributed by atoms with Crippen LogP contribution in [-0.4, -0.2) is 0 Å². The highest BCUT2D eigenvalue weighted by molar-refractivity contribution is 5.24. The van der Waals surface area contributed by atoms with Gasteiger partial charge in [-0.25, -0.2) is 0 Å². The van der Waals surface area contributed by atoms with E-state index in [0.717, 1.165) is 0 Å². The SMILES string of the molecule is c1cc2ccc1=c1ccc(cc1)=c1ccc(cc1)=c1ccc(cc1)=c1ccc=2cc1. The van der Waals surface area contributed by atoms with Crippen LogP contribution in [0.1, 0.15) is 0 Å². The van der Waals surface area contributed by atoms with Gasteiger partial charge in [-0.3, -0.25) is 0 Å². The van der Waals surface area contributed by atoms with Gasteiger partial charge in [-0.15, -0.1) is 0 Å². The van der Waals surface area contributed by atoms with E-state index in [-0.39, 0.29) is 0 Å². The van der Waals surface area contributed by atoms with Crippen molar-refractivity contribution in [3.05, 3.63) is 174 Å². The zero-order valence-electron chi connectivity index (χ0n) is 16.5. The molecular formula is C30H20. The van der Waals surface area contributed by atoms with E-state index in [2.05, 4.69) is 121 Å². The molecule has 5 aromatic rings. The van der Waals surface area contributed by atoms with Crippen LogP contribution in [0, 0.1) is 52.2 Å². The van der Waals surface area contributed by atoms with Gasteiger partial charge in [0.25, 0.3) is 0 Å². The van der Waals surface area contributed by atoms with E-state index in [9.17, 15) is 0 Å². The number of rotatable bonds is 0. The Balaban J connectivity index is 1.84. The summed E-state index contributed by atoms with van der Waals surface area (Å²) in [5.41, 5.74) is 0. The van der Waals surface area contributed by atoms with Crippen molar-refractivity contribution in [1.82, 2.24) is 0 Å². The minimum atomic E-state index is 1.24. The molecule has 5 aromatic carbocycles. The van der Waals surface area contributed by atoms with Gasteiger partial charge >= 0.3 is 0 Å². The first kappa shape index (κ1) is 17.0. The molecule has 0 N–H and O–H groups in total. The molecule has 13 aliphatic rings. The van der Waals surface area contributed by atoms with Crippen molar-refractivity contribution in [2.75, 3.05) is 0 Å². The maximum absolute atomic E-state index is 2.21. The quantitative estimate of drug-likeness (QED) is 0.285. The van der Waals surface area contributed by atoms with E-state index in [0.29, 0.717) is 0 Å². The third kappa shape index (κ3) is 2.94. The van der Waals surface area contributed by atoms with Crippen molar-refractivity contribution in [3.8, 4) is 0 Å². The molecule has 0 aromatic heterocycles. The van der Waals surface area contributed by atoms with Crippen molar-refractivity contribution in [2.24, 2.45) is 0 Å². The van der Waals surface area contributed by atoms with E-state index < -0.39 is 0 Å². The standard InChI is InChI=1S/C30H20/c1-2-22-4-3-21(1)23-5-7-25(8-6-23)27-13-15-29(16-14-27)30-19-17-28(18-20-30)26-11-9-24(22)10-12-26/h1-20H. The Morgan fingerprint density at radius 1 is 0.133 bits per heavy atom. The molecule has 0 radical (unpaired) electrons. The van der Waals surface area contributed by atoms with Gasteiger partial charge in [0, 0.05) is 0 Å². The van der Waals surface area contributed by atoms with E-state index in [1.807, 2.05) is 0 Å². The van der Waals surface area contributed by atoms with Gasteiger partial charge in [-0.05, 0) is 52.2 Å². The molecule has 0 unspecified atom stereocenters. The van der Waals surface area contributed by atoms with Crippen LogP contribution in [0.2, 0.25) is 0 Å². The Morgan fingerprint density at radius 3 is 0.267 bits per heavy atom. The summed E-state index contributed by atoms with van der Waals surface area (Å²) in [5, 5.41) is 12.4. The van der Waals surface area contributed by atoms with E-state index in [1.54, 1.807) is 0 Å². The van der Waals surface area contributed by atoms with Crippen LogP contribution in [0.3, 0.4) is 0 Å². The smallest absolute Gasteiger partial charge is 0.0184 e. The average molecular weight is 380 g/mol. The van der Waals surface area contributed by atoms with Gasteiger partial charge in [0.2, 0.25) is 0 Å². The summed E-state index contributed by atoms with van der Waals surface area (Å²) in [4.78, 5) is 0. The summed E-state index contributed by atoms with van der Waals surface area (Å²) in [7, 11) is 0. The highest BCUT2D eigenvalue weighted by Crippen LogP contribution is 2.07. The van der Waals surface area contributed by atoms with Gasteiger partial charge in [-0.2, -0.15) is 0 Å². The van der Waals surface area contributed by atoms with Crippen LogP contribution >= 0.6 is 0 Å². The van der Waals surface area contributed by atoms with Crippen LogP contribution in [0.5, 0.6) is 0 Å². The van der Waals surface area contributed by atoms with Gasteiger partial charge in [0.1, 0.15) is 0 Å². The minimum absolute atomic E-state index is 1.24. The molecule has 18 rings (SSSR count). The summed E-state index contributed by atoms with van der Waals surface area (Å²) in [6.45, 7) is 0. The summed E-state index contributed by atoms with van der Waals surface area (Å²) in [6.07, 6.45) is 0. The van der Waals surface area contributed by atoms with E-state index >= 15 is 0 Å². The number of hydrogen-bond donors (Lipinski definition) is 0. The molecule has 0 saturated heterocycles. The van der Waals surface area contributed by atoms with E-state index in [4.69, 9.17) is 0 Å². The first-order valence-electron chi connectivity index (χ1n) is 10.4. The lowest BCUT2D eigenvalue weighted by Gasteiger charge is -1.95. The third-order valence-corrected chi connectivity index (χ3v) is 6.09. The normalized spacial score (nSPS) is 11.3. The van der Waals surface area contributed by atoms with Crippen molar-refractivity contribution >= 4 is 0 Å². The minimum Gasteiger partial charge on any atom is -0.0538 e. The second kappa shape index (κ2) is 6.86. The Bertz CT molecular complexity index is 1320. The molecule has 0 heteroatoms. The molecule has 30 heavy (non-hydrogen) atoms. The zero-order valence-corrected chi connectivity index (χ0v) is 16.5. The lowest BCUT2D eigenvalue weighted by atomic mass is 10.1. The van der Waals surface area contributed by atoms with Gasteiger partial charge in [0.15, 0.2) is 0 Å². The van der Waals surface area contributed by atoms with Crippen LogP contribution in [0.15, 0.2) is 121 Å². The number of hydrogen-bond acceptors (Lipinski definition) is 0. The van der Waals surface area contributed by atoms with Gasteiger partial charge < -0.3 is 0 Å². The maximum atomic E-state index is 2.21. The fourth-order valence-corrected chi connectivity index (χ4v) is 4.28. The second-order valence-electron chi connectivity index (χ2n) is 7.89. The second-order valence-corrected chi connectivity index (χ2v) is 7.89. The first-order chi connectivity index (χ1) is 14.8. The lowest BCUT2D eigenvalue weighted by Crippen LogP contribution is -1.80. The van der Waals surface area contributed by atoms with Crippen molar-refractivity contribution in [3.63, 3.8) is 0 Å². The van der Waals surface area contributed by atoms with Crippen molar-refractivity contribution in [1.29, 1.82) is 0 Å². The zero-order chi connectivity index (χ0) is 19.9. The Kier molecular flexibility index (Phi) is 3.89. The summed E-state index contributed by atoms with van der Waals surface area (Å²) >= 11 is 0. The Morgan fingerprint density at radius 2 is 0.200 bits per heavy atom. The Hall–Kier alpha value is -3.90. The van der Waals surface area contributed by atoms with Crippen molar-refractivity contribution < 1.29 is 0 Å². The van der Waals surface area contributed by atoms with Crippen LogP contribution in [0.4, 0.5) is 0 Å². The highest BCUT2D eigenvalue weighted by atomic mass is 14.0. The molecule has 10 bridgehead atoms. The Labute approximate surface area is 173 Å². The molecule has 0 nitrogen and oxygen atoms in total. The summed E-state index contributed by atoms with van der Waals surface area (Å²) < 4.78 is 0. The lowest BCUT2D eigenvalue weighted by molar-refractivity contribution is 1.38. The van der Waals surface area contributed by atoms with Gasteiger partial charge in [0.05, 0.1) is 0 Å². The van der Waals surface area contributed by atoms with Gasteiger partial charge in [-0.1, -0.05) is 121 Å². The van der Waals surface area contributed by atoms with Crippen LogP contribution < -0.4 is 0 Å². The fourth-order valence-electron chi connectivity index (χ4n) is 4.28. The van der Waals surface area contributed by atoms with Crippen LogP contribution in [-0.2, 0) is 0 Å². The monoisotopic (exact) mass is 380 g/mol. The topological polar surface area (TPSA) is 0 Å². The van der Waals surface area contributed by atoms with E-state index in [1.165, 1.54) is 52.2 Å². The summed E-state index contributed by atoms with van der Waals surface area (Å²) in [6, 6.07) is 44.2. The molecule has 0 amide bonds. The highest BCUT2D eigenvalue weighted by Gasteiger charge is 1.91. The maximum Gasteiger partial charge on any atom is -0.0184 e. The predicted molar refractivity (Wildman–Crippen MR) is 121 cm³/mol. The molecule has 0 atom stereocenters. The largest absolute Gasteiger partial charge is 0.0538 e. The molecular weight excluding hydrogens is 360 g/mol. The molecule has 13 aliphatic carbocycles. The molecule has 0 spiro atoms. The average Bonchev–Trinajstić information content (AvgIpc) is 2.84.